The Balaban J connectivity index is 0.000000409. The average molecular weight is 417 g/mol. The van der Waals surface area contributed by atoms with E-state index in [1.165, 1.54) is 25.7 Å². The van der Waals surface area contributed by atoms with Gasteiger partial charge in [-0.3, -0.25) is 6.08 Å². The van der Waals surface area contributed by atoms with Crippen LogP contribution in [0.1, 0.15) is 32.1 Å². The predicted molar refractivity (Wildman–Crippen MR) is 109 cm³/mol. The van der Waals surface area contributed by atoms with Gasteiger partial charge < -0.3 is 6.42 Å². The normalized spacial score (nSPS) is 30.5. The minimum atomic E-state index is 0. The Morgan fingerprint density at radius 1 is 1.04 bits per heavy atom. The smallest absolute Gasteiger partial charge is 0.109 e. The molecular formula is C20H30Cl2SiTi. The summed E-state index contributed by atoms with van der Waals surface area (Å²) in [6.07, 6.45) is 27.9. The molecular weight excluding hydrogens is 387 g/mol. The van der Waals surface area contributed by atoms with Gasteiger partial charge in [0.15, 0.2) is 0 Å². The second-order valence-corrected chi connectivity index (χ2v) is 13.4. The fraction of sp³-hybridized carbons (Fsp3) is 0.550. The molecule has 4 unspecified atom stereocenters. The van der Waals surface area contributed by atoms with Gasteiger partial charge in [-0.15, -0.1) is 43.2 Å². The van der Waals surface area contributed by atoms with Crippen LogP contribution in [-0.4, -0.2) is 6.19 Å². The molecule has 0 nitrogen and oxygen atoms in total. The first-order valence-corrected chi connectivity index (χ1v) is 13.5. The maximum absolute atomic E-state index is 2.99. The van der Waals surface area contributed by atoms with E-state index in [-0.39, 0.29) is 31.0 Å². The van der Waals surface area contributed by atoms with Gasteiger partial charge in [0, 0.05) is 0 Å². The van der Waals surface area contributed by atoms with Crippen LogP contribution in [0.15, 0.2) is 42.5 Å². The first kappa shape index (κ1) is 24.5. The molecule has 0 radical (unpaired) electrons. The van der Waals surface area contributed by atoms with Crippen molar-refractivity contribution in [1.82, 2.24) is 0 Å². The molecule has 4 atom stereocenters. The van der Waals surface area contributed by atoms with E-state index in [1.54, 1.807) is 0 Å². The van der Waals surface area contributed by atoms with Crippen LogP contribution in [0.2, 0.25) is 13.1 Å². The van der Waals surface area contributed by atoms with Gasteiger partial charge in [0.1, 0.15) is 0 Å². The molecule has 0 spiro atoms. The maximum Gasteiger partial charge on any atom is -0.109 e. The molecule has 0 amide bonds. The number of hydrogen-bond donors (Lipinski definition) is 0. The molecule has 0 heterocycles. The quantitative estimate of drug-likeness (QED) is 0.320. The molecule has 132 valence electrons. The average Bonchev–Trinajstić information content (AvgIpc) is 3.18. The molecule has 2 saturated carbocycles. The Morgan fingerprint density at radius 2 is 1.71 bits per heavy atom. The van der Waals surface area contributed by atoms with Crippen LogP contribution in [0.25, 0.3) is 0 Å². The molecule has 0 N–H and O–H groups in total. The van der Waals surface area contributed by atoms with Crippen molar-refractivity contribution in [3.05, 3.63) is 55.0 Å². The Bertz CT molecular complexity index is 468. The summed E-state index contributed by atoms with van der Waals surface area (Å²) in [5.74, 6) is 3.56. The summed E-state index contributed by atoms with van der Waals surface area (Å²) < 4.78 is 0. The van der Waals surface area contributed by atoms with Crippen molar-refractivity contribution in [2.24, 2.45) is 23.7 Å². The van der Waals surface area contributed by atoms with Gasteiger partial charge in [-0.2, -0.15) is 12.0 Å². The number of fused-ring (bicyclic) bond motifs is 3. The van der Waals surface area contributed by atoms with Crippen molar-refractivity contribution in [3.63, 3.8) is 0 Å². The van der Waals surface area contributed by atoms with E-state index >= 15 is 0 Å². The Kier molecular flexibility index (Phi) is 13.9. The maximum atomic E-state index is 2.99. The van der Waals surface area contributed by atoms with E-state index in [9.17, 15) is 0 Å². The summed E-state index contributed by atoms with van der Waals surface area (Å²) in [6, 6.07) is 0. The largest absolute Gasteiger partial charge is 0.273 e. The van der Waals surface area contributed by atoms with Crippen LogP contribution in [0.4, 0.5) is 0 Å². The summed E-state index contributed by atoms with van der Waals surface area (Å²) >= 11 is 2.27. The van der Waals surface area contributed by atoms with Crippen LogP contribution in [-0.2, 0) is 19.2 Å². The monoisotopic (exact) mass is 416 g/mol. The van der Waals surface area contributed by atoms with Crippen molar-refractivity contribution < 1.29 is 19.2 Å². The standard InChI is InChI=1S/C13H17.C5H5.C2H6Si.2ClH.Ti/c1-3-7-12-10(5-1)9-11-6-2-4-8-13(11)12;1-2-4-5-3-1;1-3-2;;;/h1,3,5,7,9-13H,2,4,6,8H2;1-3H,4H2;1-2H3;2*1H;/q2*-1;;;;+2. The van der Waals surface area contributed by atoms with E-state index in [1.807, 2.05) is 12.2 Å². The van der Waals surface area contributed by atoms with E-state index in [0.717, 1.165) is 30.1 Å². The summed E-state index contributed by atoms with van der Waals surface area (Å²) in [5.41, 5.74) is 0. The molecule has 2 fully saturated rings. The molecule has 0 bridgehead atoms. The molecule has 4 rings (SSSR count). The minimum absolute atomic E-state index is 0. The summed E-state index contributed by atoms with van der Waals surface area (Å²) in [4.78, 5) is 0. The van der Waals surface area contributed by atoms with E-state index in [4.69, 9.17) is 0 Å². The second-order valence-electron chi connectivity index (χ2n) is 6.73. The van der Waals surface area contributed by atoms with Crippen molar-refractivity contribution in [2.45, 2.75) is 45.2 Å². The van der Waals surface area contributed by atoms with Crippen LogP contribution in [0.3, 0.4) is 0 Å². The van der Waals surface area contributed by atoms with Crippen molar-refractivity contribution >= 4 is 31.0 Å². The Morgan fingerprint density at radius 3 is 2.29 bits per heavy atom. The number of rotatable bonds is 0. The van der Waals surface area contributed by atoms with Gasteiger partial charge in [-0.1, -0.05) is 49.8 Å². The zero-order chi connectivity index (χ0) is 15.8. The molecule has 24 heavy (non-hydrogen) atoms. The number of allylic oxidation sites excluding steroid dienone is 8. The van der Waals surface area contributed by atoms with Crippen LogP contribution >= 0.6 is 24.8 Å². The Hall–Kier alpha value is 0.471. The van der Waals surface area contributed by atoms with Gasteiger partial charge >= 0.3 is 38.5 Å². The summed E-state index contributed by atoms with van der Waals surface area (Å²) in [5, 5.41) is 0. The summed E-state index contributed by atoms with van der Waals surface area (Å²) in [7, 11) is 0. The molecule has 0 aromatic heterocycles. The molecule has 0 aromatic carbocycles. The number of halogens is 2. The topological polar surface area (TPSA) is 0 Å². The summed E-state index contributed by atoms with van der Waals surface area (Å²) in [6.45, 7) is 4.54. The van der Waals surface area contributed by atoms with Gasteiger partial charge in [0.2, 0.25) is 0 Å². The fourth-order valence-corrected chi connectivity index (χ4v) is 3.79. The third-order valence-electron chi connectivity index (χ3n) is 4.65. The molecule has 4 heteroatoms. The molecule has 0 aromatic rings. The second kappa shape index (κ2) is 13.6. The zero-order valence-corrected chi connectivity index (χ0v) is 19.0. The van der Waals surface area contributed by atoms with Crippen LogP contribution in [0, 0.1) is 36.2 Å². The fourth-order valence-electron chi connectivity index (χ4n) is 3.79. The van der Waals surface area contributed by atoms with Crippen molar-refractivity contribution in [2.75, 3.05) is 0 Å². The van der Waals surface area contributed by atoms with Crippen LogP contribution in [0.5, 0.6) is 0 Å². The van der Waals surface area contributed by atoms with Gasteiger partial charge in [0.05, 0.1) is 0 Å². The first-order valence-electron chi connectivity index (χ1n) is 8.62. The molecule has 0 saturated heterocycles. The third kappa shape index (κ3) is 8.23. The van der Waals surface area contributed by atoms with E-state index in [0.29, 0.717) is 0 Å². The van der Waals surface area contributed by atoms with E-state index in [2.05, 4.69) is 75.1 Å². The third-order valence-corrected chi connectivity index (χ3v) is 4.65. The first-order chi connectivity index (χ1) is 10.7. The molecule has 4 aliphatic rings. The predicted octanol–water partition coefficient (Wildman–Crippen LogP) is 6.30. The minimum Gasteiger partial charge on any atom is -0.273 e. The van der Waals surface area contributed by atoms with Gasteiger partial charge in [-0.05, 0) is 5.92 Å². The van der Waals surface area contributed by atoms with E-state index < -0.39 is 0 Å². The number of hydrogen-bond acceptors (Lipinski definition) is 0. The molecule has 0 aliphatic heterocycles. The molecule has 4 aliphatic carbocycles. The Labute approximate surface area is 173 Å². The van der Waals surface area contributed by atoms with Crippen LogP contribution < -0.4 is 0 Å². The SMILES string of the molecule is C1=CC2[CH-]C3CCCCC3C2C=C1.C[Si](C)=[Ti+2].Cl.Cl.[C-]1=CC=CC1. The van der Waals surface area contributed by atoms with Gasteiger partial charge in [-0.25, -0.2) is 12.2 Å². The van der Waals surface area contributed by atoms with Crippen molar-refractivity contribution in [1.29, 1.82) is 0 Å². The zero-order valence-electron chi connectivity index (χ0n) is 14.8. The van der Waals surface area contributed by atoms with Crippen molar-refractivity contribution in [3.8, 4) is 0 Å². The van der Waals surface area contributed by atoms with Gasteiger partial charge in [0.25, 0.3) is 0 Å².